The highest BCUT2D eigenvalue weighted by Gasteiger charge is 2.37. The number of nitrogens with zero attached hydrogens (tertiary/aromatic N) is 1. The number of fused-ring (bicyclic) bond motifs is 1. The van der Waals surface area contributed by atoms with Gasteiger partial charge in [-0.15, -0.1) is 0 Å². The third-order valence-electron chi connectivity index (χ3n) is 2.69. The smallest absolute Gasteiger partial charge is 0.233 e. The fourth-order valence-electron chi connectivity index (χ4n) is 1.85. The minimum Gasteiger partial charge on any atom is -0.358 e. The largest absolute Gasteiger partial charge is 0.358 e. The van der Waals surface area contributed by atoms with Gasteiger partial charge in [-0.05, 0) is 25.1 Å². The Morgan fingerprint density at radius 1 is 1.54 bits per heavy atom. The first kappa shape index (κ1) is 8.69. The molecular weight excluding hydrogens is 184 g/mol. The minimum absolute atomic E-state index is 0.0849. The van der Waals surface area contributed by atoms with Crippen LogP contribution >= 0.6 is 12.2 Å². The summed E-state index contributed by atoms with van der Waals surface area (Å²) in [6, 6.07) is 0.223. The molecule has 1 aliphatic heterocycles. The second-order valence-corrected chi connectivity index (χ2v) is 3.89. The number of hydrogen-bond donors (Lipinski definition) is 1. The molecule has 0 aromatic carbocycles. The lowest BCUT2D eigenvalue weighted by atomic mass is 9.87. The molecule has 2 aliphatic rings. The maximum atomic E-state index is 11.7. The summed E-state index contributed by atoms with van der Waals surface area (Å²) in [4.78, 5) is 13.3. The van der Waals surface area contributed by atoms with E-state index in [2.05, 4.69) is 17.5 Å². The standard InChI is InChI=1S/C9H12N2OS/c1-11-8(12)6-4-2-3-5-7(6)10-9(11)13/h2-3,6-7H,4-5H2,1H3,(H,10,13). The second-order valence-electron chi connectivity index (χ2n) is 3.50. The molecule has 0 spiro atoms. The van der Waals surface area contributed by atoms with Crippen molar-refractivity contribution in [3.63, 3.8) is 0 Å². The number of hydrogen-bond acceptors (Lipinski definition) is 2. The Balaban J connectivity index is 2.23. The number of nitrogens with one attached hydrogen (secondary N) is 1. The van der Waals surface area contributed by atoms with Crippen LogP contribution in [0.2, 0.25) is 0 Å². The zero-order chi connectivity index (χ0) is 9.42. The van der Waals surface area contributed by atoms with Crippen molar-refractivity contribution in [1.29, 1.82) is 0 Å². The summed E-state index contributed by atoms with van der Waals surface area (Å²) in [6.07, 6.45) is 5.92. The highest BCUT2D eigenvalue weighted by Crippen LogP contribution is 2.24. The molecule has 2 atom stereocenters. The fourth-order valence-corrected chi connectivity index (χ4v) is 2.09. The summed E-state index contributed by atoms with van der Waals surface area (Å²) in [6.45, 7) is 0. The quantitative estimate of drug-likeness (QED) is 0.456. The Labute approximate surface area is 82.8 Å². The molecule has 4 heteroatoms. The summed E-state index contributed by atoms with van der Waals surface area (Å²) in [5.74, 6) is 0.236. The first-order valence-electron chi connectivity index (χ1n) is 4.43. The van der Waals surface area contributed by atoms with Crippen LogP contribution in [0.3, 0.4) is 0 Å². The molecule has 1 aliphatic carbocycles. The van der Waals surface area contributed by atoms with Gasteiger partial charge < -0.3 is 5.32 Å². The van der Waals surface area contributed by atoms with Crippen molar-refractivity contribution in [3.8, 4) is 0 Å². The van der Waals surface area contributed by atoms with Crippen LogP contribution in [0.15, 0.2) is 12.2 Å². The average Bonchev–Trinajstić information content (AvgIpc) is 2.15. The van der Waals surface area contributed by atoms with Crippen LogP contribution in [0.1, 0.15) is 12.8 Å². The third kappa shape index (κ3) is 1.35. The number of allylic oxidation sites excluding steroid dienone is 1. The van der Waals surface area contributed by atoms with Crippen LogP contribution in [0.5, 0.6) is 0 Å². The van der Waals surface area contributed by atoms with Crippen molar-refractivity contribution >= 4 is 23.2 Å². The van der Waals surface area contributed by atoms with Crippen LogP contribution < -0.4 is 5.32 Å². The molecule has 0 radical (unpaired) electrons. The molecule has 2 rings (SSSR count). The van der Waals surface area contributed by atoms with E-state index in [9.17, 15) is 4.79 Å². The number of carbonyl (C=O) groups is 1. The topological polar surface area (TPSA) is 32.3 Å². The van der Waals surface area contributed by atoms with Gasteiger partial charge in [0.1, 0.15) is 0 Å². The summed E-state index contributed by atoms with van der Waals surface area (Å²) < 4.78 is 0. The first-order valence-corrected chi connectivity index (χ1v) is 4.84. The highest BCUT2D eigenvalue weighted by atomic mass is 32.1. The maximum Gasteiger partial charge on any atom is 0.233 e. The highest BCUT2D eigenvalue weighted by molar-refractivity contribution is 7.80. The van der Waals surface area contributed by atoms with Crippen molar-refractivity contribution in [2.24, 2.45) is 5.92 Å². The Hall–Kier alpha value is -0.900. The van der Waals surface area contributed by atoms with Crippen LogP contribution in [0, 0.1) is 5.92 Å². The van der Waals surface area contributed by atoms with E-state index >= 15 is 0 Å². The van der Waals surface area contributed by atoms with Gasteiger partial charge in [-0.1, -0.05) is 12.2 Å². The van der Waals surface area contributed by atoms with Crippen molar-refractivity contribution in [3.05, 3.63) is 12.2 Å². The Bertz CT molecular complexity index is 287. The molecule has 1 N–H and O–H groups in total. The monoisotopic (exact) mass is 196 g/mol. The molecule has 1 amide bonds. The van der Waals surface area contributed by atoms with Crippen molar-refractivity contribution < 1.29 is 4.79 Å². The van der Waals surface area contributed by atoms with E-state index in [-0.39, 0.29) is 17.9 Å². The average molecular weight is 196 g/mol. The van der Waals surface area contributed by atoms with E-state index in [1.807, 2.05) is 0 Å². The van der Waals surface area contributed by atoms with Crippen molar-refractivity contribution in [1.82, 2.24) is 10.2 Å². The van der Waals surface area contributed by atoms with Gasteiger partial charge >= 0.3 is 0 Å². The van der Waals surface area contributed by atoms with Crippen LogP contribution in [-0.2, 0) is 4.79 Å². The lowest BCUT2D eigenvalue weighted by molar-refractivity contribution is -0.132. The van der Waals surface area contributed by atoms with E-state index < -0.39 is 0 Å². The Morgan fingerprint density at radius 3 is 3.00 bits per heavy atom. The van der Waals surface area contributed by atoms with E-state index in [0.29, 0.717) is 5.11 Å². The number of amides is 1. The SMILES string of the molecule is CN1C(=O)C2CC=CCC2NC1=S. The van der Waals surface area contributed by atoms with Gasteiger partial charge in [0.25, 0.3) is 0 Å². The molecule has 3 nitrogen and oxygen atoms in total. The zero-order valence-electron chi connectivity index (χ0n) is 7.49. The molecule has 1 heterocycles. The summed E-state index contributed by atoms with van der Waals surface area (Å²) in [7, 11) is 1.73. The van der Waals surface area contributed by atoms with E-state index in [1.54, 1.807) is 7.05 Å². The fraction of sp³-hybridized carbons (Fsp3) is 0.556. The molecule has 0 aromatic rings. The summed E-state index contributed by atoms with van der Waals surface area (Å²) in [5.41, 5.74) is 0. The van der Waals surface area contributed by atoms with Gasteiger partial charge in [-0.3, -0.25) is 9.69 Å². The van der Waals surface area contributed by atoms with Crippen LogP contribution in [0.4, 0.5) is 0 Å². The molecule has 0 bridgehead atoms. The lowest BCUT2D eigenvalue weighted by Crippen LogP contribution is -2.58. The van der Waals surface area contributed by atoms with Crippen LogP contribution in [-0.4, -0.2) is 29.0 Å². The van der Waals surface area contributed by atoms with Gasteiger partial charge in [-0.2, -0.15) is 0 Å². The predicted octanol–water partition coefficient (Wildman–Crippen LogP) is 0.668. The predicted molar refractivity (Wildman–Crippen MR) is 54.2 cm³/mol. The maximum absolute atomic E-state index is 11.7. The van der Waals surface area contributed by atoms with E-state index in [4.69, 9.17) is 12.2 Å². The van der Waals surface area contributed by atoms with Gasteiger partial charge in [0, 0.05) is 13.1 Å². The molecular formula is C9H12N2OS. The summed E-state index contributed by atoms with van der Waals surface area (Å²) in [5, 5.41) is 3.74. The molecule has 0 aromatic heterocycles. The van der Waals surface area contributed by atoms with Crippen molar-refractivity contribution in [2.75, 3.05) is 7.05 Å². The Morgan fingerprint density at radius 2 is 2.23 bits per heavy atom. The Kier molecular flexibility index (Phi) is 2.07. The molecule has 70 valence electrons. The number of rotatable bonds is 0. The normalized spacial score (nSPS) is 32.8. The van der Waals surface area contributed by atoms with E-state index in [1.165, 1.54) is 4.90 Å². The first-order chi connectivity index (χ1) is 6.20. The van der Waals surface area contributed by atoms with Gasteiger partial charge in [0.2, 0.25) is 5.91 Å². The van der Waals surface area contributed by atoms with Gasteiger partial charge in [0.05, 0.1) is 5.92 Å². The molecule has 13 heavy (non-hydrogen) atoms. The van der Waals surface area contributed by atoms with E-state index in [0.717, 1.165) is 12.8 Å². The summed E-state index contributed by atoms with van der Waals surface area (Å²) >= 11 is 5.04. The lowest BCUT2D eigenvalue weighted by Gasteiger charge is -2.38. The zero-order valence-corrected chi connectivity index (χ0v) is 8.30. The molecule has 0 saturated carbocycles. The minimum atomic E-state index is 0.0849. The van der Waals surface area contributed by atoms with Gasteiger partial charge in [-0.25, -0.2) is 0 Å². The van der Waals surface area contributed by atoms with Crippen molar-refractivity contribution in [2.45, 2.75) is 18.9 Å². The number of carbonyl (C=O) groups excluding carboxylic acids is 1. The second kappa shape index (κ2) is 3.10. The van der Waals surface area contributed by atoms with Gasteiger partial charge in [0.15, 0.2) is 5.11 Å². The molecule has 1 fully saturated rings. The molecule has 2 unspecified atom stereocenters. The van der Waals surface area contributed by atoms with Crippen LogP contribution in [0.25, 0.3) is 0 Å². The third-order valence-corrected chi connectivity index (χ3v) is 3.09. The number of thiocarbonyl (C=S) groups is 1. The molecule has 1 saturated heterocycles.